The van der Waals surface area contributed by atoms with Gasteiger partial charge in [-0.15, -0.1) is 0 Å². The average molecular weight is 257 g/mol. The molecule has 3 N–H and O–H groups in total. The first-order valence-corrected chi connectivity index (χ1v) is 6.67. The number of nitrogens with zero attached hydrogens (tertiary/aromatic N) is 1. The summed E-state index contributed by atoms with van der Waals surface area (Å²) in [6.07, 6.45) is 2.00. The number of hydrogen-bond donors (Lipinski definition) is 2. The summed E-state index contributed by atoms with van der Waals surface area (Å²) >= 11 is 0. The van der Waals surface area contributed by atoms with Gasteiger partial charge in [-0.05, 0) is 37.1 Å². The molecule has 0 saturated carbocycles. The van der Waals surface area contributed by atoms with E-state index >= 15 is 0 Å². The highest BCUT2D eigenvalue weighted by atomic mass is 16.1. The third-order valence-corrected chi connectivity index (χ3v) is 3.81. The van der Waals surface area contributed by atoms with Crippen LogP contribution >= 0.6 is 0 Å². The summed E-state index contributed by atoms with van der Waals surface area (Å²) in [5.74, 6) is 0.111. The van der Waals surface area contributed by atoms with Gasteiger partial charge in [0.2, 0.25) is 0 Å². The number of carbonyl (C=O) groups excluding carboxylic acids is 1. The summed E-state index contributed by atoms with van der Waals surface area (Å²) in [5, 5.41) is 12.1. The van der Waals surface area contributed by atoms with E-state index in [9.17, 15) is 4.79 Å². The van der Waals surface area contributed by atoms with Crippen molar-refractivity contribution in [3.05, 3.63) is 29.3 Å². The molecule has 0 radical (unpaired) electrons. The van der Waals surface area contributed by atoms with Crippen molar-refractivity contribution < 1.29 is 4.79 Å². The van der Waals surface area contributed by atoms with Crippen molar-refractivity contribution in [2.45, 2.75) is 25.7 Å². The second kappa shape index (κ2) is 5.85. The van der Waals surface area contributed by atoms with Gasteiger partial charge in [-0.1, -0.05) is 13.0 Å². The van der Waals surface area contributed by atoms with Gasteiger partial charge in [0.05, 0.1) is 11.6 Å². The van der Waals surface area contributed by atoms with Crippen LogP contribution in [-0.2, 0) is 4.79 Å². The summed E-state index contributed by atoms with van der Waals surface area (Å²) in [5.41, 5.74) is 7.83. The minimum atomic E-state index is -0.211. The molecule has 0 aromatic heterocycles. The number of anilines is 1. The molecule has 100 valence electrons. The highest BCUT2D eigenvalue weighted by Crippen LogP contribution is 2.28. The van der Waals surface area contributed by atoms with Crippen LogP contribution in [0.3, 0.4) is 0 Å². The molecule has 1 aromatic rings. The summed E-state index contributed by atoms with van der Waals surface area (Å²) in [4.78, 5) is 12.4. The van der Waals surface area contributed by atoms with Crippen LogP contribution in [-0.4, -0.2) is 18.9 Å². The molecule has 1 aliphatic heterocycles. The van der Waals surface area contributed by atoms with Crippen LogP contribution in [0.25, 0.3) is 0 Å². The zero-order valence-corrected chi connectivity index (χ0v) is 11.1. The number of benzene rings is 1. The van der Waals surface area contributed by atoms with E-state index in [0.717, 1.165) is 31.5 Å². The molecule has 1 aliphatic rings. The largest absolute Gasteiger partial charge is 0.398 e. The number of Topliss-reactive ketones (excluding diaryl/α,β-unsaturated/α-hetero) is 1. The maximum atomic E-state index is 12.4. The van der Waals surface area contributed by atoms with Crippen molar-refractivity contribution in [2.75, 3.05) is 18.8 Å². The van der Waals surface area contributed by atoms with E-state index in [1.165, 1.54) is 0 Å². The Bertz CT molecular complexity index is 513. The topological polar surface area (TPSA) is 78.9 Å². The van der Waals surface area contributed by atoms with Gasteiger partial charge in [-0.25, -0.2) is 0 Å². The molecule has 0 bridgehead atoms. The maximum Gasteiger partial charge on any atom is 0.144 e. The van der Waals surface area contributed by atoms with Gasteiger partial charge < -0.3 is 11.1 Å². The lowest BCUT2D eigenvalue weighted by molar-refractivity contribution is -0.124. The van der Waals surface area contributed by atoms with Crippen LogP contribution in [0, 0.1) is 17.2 Å². The number of ketones is 1. The Hall–Kier alpha value is -1.86. The van der Waals surface area contributed by atoms with E-state index in [1.807, 2.05) is 6.92 Å². The Morgan fingerprint density at radius 2 is 2.37 bits per heavy atom. The molecule has 4 heteroatoms. The van der Waals surface area contributed by atoms with Gasteiger partial charge in [-0.2, -0.15) is 5.26 Å². The molecule has 1 saturated heterocycles. The predicted octanol–water partition coefficient (Wildman–Crippen LogP) is 1.81. The van der Waals surface area contributed by atoms with Crippen molar-refractivity contribution in [1.29, 1.82) is 5.26 Å². The fraction of sp³-hybridized carbons (Fsp3) is 0.467. The first kappa shape index (κ1) is 13.6. The van der Waals surface area contributed by atoms with Crippen LogP contribution in [0.2, 0.25) is 0 Å². The summed E-state index contributed by atoms with van der Waals surface area (Å²) in [6.45, 7) is 3.66. The van der Waals surface area contributed by atoms with Gasteiger partial charge in [0.1, 0.15) is 5.78 Å². The number of nitrogens with one attached hydrogen (secondary N) is 1. The van der Waals surface area contributed by atoms with Crippen LogP contribution in [0.1, 0.15) is 36.8 Å². The van der Waals surface area contributed by atoms with Crippen molar-refractivity contribution in [3.63, 3.8) is 0 Å². The minimum Gasteiger partial charge on any atom is -0.398 e. The number of nitrogen functional groups attached to an aromatic ring is 1. The van der Waals surface area contributed by atoms with Crippen molar-refractivity contribution in [1.82, 2.24) is 5.32 Å². The SMILES string of the molecule is CC(C(=O)C1CCCNC1)c1ccc(C#N)cc1N. The van der Waals surface area contributed by atoms with E-state index in [4.69, 9.17) is 11.0 Å². The van der Waals surface area contributed by atoms with Crippen LogP contribution in [0.15, 0.2) is 18.2 Å². The molecule has 1 fully saturated rings. The third-order valence-electron chi connectivity index (χ3n) is 3.81. The molecule has 4 nitrogen and oxygen atoms in total. The molecule has 0 amide bonds. The minimum absolute atomic E-state index is 0.0822. The Morgan fingerprint density at radius 3 is 2.95 bits per heavy atom. The number of carbonyl (C=O) groups is 1. The predicted molar refractivity (Wildman–Crippen MR) is 74.6 cm³/mol. The van der Waals surface area contributed by atoms with Crippen LogP contribution < -0.4 is 11.1 Å². The van der Waals surface area contributed by atoms with Crippen molar-refractivity contribution >= 4 is 11.5 Å². The molecular weight excluding hydrogens is 238 g/mol. The Labute approximate surface area is 113 Å². The number of hydrogen-bond acceptors (Lipinski definition) is 4. The zero-order valence-electron chi connectivity index (χ0n) is 11.1. The van der Waals surface area contributed by atoms with Gasteiger partial charge in [0.25, 0.3) is 0 Å². The van der Waals surface area contributed by atoms with E-state index < -0.39 is 0 Å². The van der Waals surface area contributed by atoms with Crippen molar-refractivity contribution in [2.24, 2.45) is 5.92 Å². The third kappa shape index (κ3) is 2.94. The fourth-order valence-electron chi connectivity index (χ4n) is 2.64. The lowest BCUT2D eigenvalue weighted by Crippen LogP contribution is -2.36. The normalized spacial score (nSPS) is 20.5. The maximum absolute atomic E-state index is 12.4. The lowest BCUT2D eigenvalue weighted by atomic mass is 9.84. The van der Waals surface area contributed by atoms with Gasteiger partial charge in [0, 0.05) is 24.1 Å². The smallest absolute Gasteiger partial charge is 0.144 e. The van der Waals surface area contributed by atoms with Gasteiger partial charge >= 0.3 is 0 Å². The van der Waals surface area contributed by atoms with E-state index in [-0.39, 0.29) is 17.6 Å². The van der Waals surface area contributed by atoms with E-state index in [0.29, 0.717) is 11.3 Å². The van der Waals surface area contributed by atoms with Crippen LogP contribution in [0.5, 0.6) is 0 Å². The molecule has 1 heterocycles. The Balaban J connectivity index is 2.16. The standard InChI is InChI=1S/C15H19N3O/c1-10(15(19)12-3-2-6-18-9-12)13-5-4-11(8-16)7-14(13)17/h4-5,7,10,12,18H,2-3,6,9,17H2,1H3. The molecule has 0 spiro atoms. The second-order valence-corrected chi connectivity index (χ2v) is 5.12. The molecule has 1 aromatic carbocycles. The van der Waals surface area contributed by atoms with Crippen molar-refractivity contribution in [3.8, 4) is 6.07 Å². The first-order chi connectivity index (χ1) is 9.13. The fourth-order valence-corrected chi connectivity index (χ4v) is 2.64. The molecular formula is C15H19N3O. The first-order valence-electron chi connectivity index (χ1n) is 6.67. The monoisotopic (exact) mass is 257 g/mol. The molecule has 2 atom stereocenters. The summed E-state index contributed by atoms with van der Waals surface area (Å²) in [6, 6.07) is 7.20. The molecule has 2 unspecified atom stereocenters. The highest BCUT2D eigenvalue weighted by molar-refractivity contribution is 5.89. The number of nitrogens with two attached hydrogens (primary N) is 1. The average Bonchev–Trinajstić information content (AvgIpc) is 2.46. The zero-order chi connectivity index (χ0) is 13.8. The summed E-state index contributed by atoms with van der Waals surface area (Å²) in [7, 11) is 0. The number of nitriles is 1. The van der Waals surface area contributed by atoms with Gasteiger partial charge in [0.15, 0.2) is 0 Å². The Morgan fingerprint density at radius 1 is 1.58 bits per heavy atom. The molecule has 0 aliphatic carbocycles. The number of piperidine rings is 1. The lowest BCUT2D eigenvalue weighted by Gasteiger charge is -2.25. The number of rotatable bonds is 3. The van der Waals surface area contributed by atoms with E-state index in [1.54, 1.807) is 18.2 Å². The highest BCUT2D eigenvalue weighted by Gasteiger charge is 2.27. The summed E-state index contributed by atoms with van der Waals surface area (Å²) < 4.78 is 0. The Kier molecular flexibility index (Phi) is 4.18. The quantitative estimate of drug-likeness (QED) is 0.809. The molecule has 2 rings (SSSR count). The van der Waals surface area contributed by atoms with Crippen LogP contribution in [0.4, 0.5) is 5.69 Å². The van der Waals surface area contributed by atoms with E-state index in [2.05, 4.69) is 11.4 Å². The van der Waals surface area contributed by atoms with Gasteiger partial charge in [-0.3, -0.25) is 4.79 Å². The molecule has 19 heavy (non-hydrogen) atoms. The second-order valence-electron chi connectivity index (χ2n) is 5.12.